The second-order valence-electron chi connectivity index (χ2n) is 4.35. The summed E-state index contributed by atoms with van der Waals surface area (Å²) in [7, 11) is 2.02. The van der Waals surface area contributed by atoms with Gasteiger partial charge in [0.25, 0.3) is 6.01 Å². The number of benzene rings is 1. The minimum atomic E-state index is 0.231. The van der Waals surface area contributed by atoms with Crippen molar-refractivity contribution in [2.45, 2.75) is 13.3 Å². The van der Waals surface area contributed by atoms with Gasteiger partial charge in [0.1, 0.15) is 0 Å². The van der Waals surface area contributed by atoms with E-state index in [4.69, 9.17) is 10.2 Å². The third-order valence-electron chi connectivity index (χ3n) is 3.19. The summed E-state index contributed by atoms with van der Waals surface area (Å²) < 4.78 is 7.65. The van der Waals surface area contributed by atoms with Crippen LogP contribution in [0.4, 0.5) is 6.01 Å². The van der Waals surface area contributed by atoms with Crippen LogP contribution in [-0.2, 0) is 13.5 Å². The summed E-state index contributed by atoms with van der Waals surface area (Å²) in [5, 5.41) is 1.16. The number of para-hydroxylation sites is 1. The van der Waals surface area contributed by atoms with Crippen molar-refractivity contribution < 1.29 is 4.42 Å². The molecule has 4 nitrogen and oxygen atoms in total. The molecule has 0 fully saturated rings. The van der Waals surface area contributed by atoms with E-state index in [1.165, 1.54) is 5.52 Å². The van der Waals surface area contributed by atoms with Gasteiger partial charge in [-0.1, -0.05) is 25.1 Å². The quantitative estimate of drug-likeness (QED) is 0.750. The van der Waals surface area contributed by atoms with Crippen LogP contribution < -0.4 is 5.73 Å². The molecule has 0 bridgehead atoms. The Morgan fingerprint density at radius 1 is 1.33 bits per heavy atom. The van der Waals surface area contributed by atoms with E-state index in [1.807, 2.05) is 26.1 Å². The number of aryl methyl sites for hydroxylation is 2. The Labute approximate surface area is 105 Å². The third-order valence-corrected chi connectivity index (χ3v) is 3.19. The normalized spacial score (nSPS) is 11.2. The van der Waals surface area contributed by atoms with Crippen molar-refractivity contribution in [3.05, 3.63) is 36.2 Å². The Hall–Kier alpha value is -2.23. The predicted octanol–water partition coefficient (Wildman–Crippen LogP) is 2.98. The van der Waals surface area contributed by atoms with E-state index in [0.29, 0.717) is 0 Å². The monoisotopic (exact) mass is 241 g/mol. The van der Waals surface area contributed by atoms with Gasteiger partial charge in [0, 0.05) is 29.7 Å². The zero-order chi connectivity index (χ0) is 12.7. The molecule has 0 aliphatic heterocycles. The average Bonchev–Trinajstić information content (AvgIpc) is 2.91. The first-order valence-corrected chi connectivity index (χ1v) is 6.00. The molecular formula is C14H15N3O. The van der Waals surface area contributed by atoms with Crippen molar-refractivity contribution in [3.8, 4) is 11.3 Å². The summed E-state index contributed by atoms with van der Waals surface area (Å²) in [6.45, 7) is 2.05. The molecule has 2 heterocycles. The highest BCUT2D eigenvalue weighted by Crippen LogP contribution is 2.33. The fourth-order valence-corrected chi connectivity index (χ4v) is 2.34. The molecule has 0 saturated heterocycles. The van der Waals surface area contributed by atoms with Crippen LogP contribution in [0.2, 0.25) is 0 Å². The Balaban J connectivity index is 2.31. The molecule has 0 unspecified atom stereocenters. The first-order chi connectivity index (χ1) is 8.70. The smallest absolute Gasteiger partial charge is 0.292 e. The number of anilines is 1. The van der Waals surface area contributed by atoms with Crippen LogP contribution in [0, 0.1) is 0 Å². The molecule has 3 rings (SSSR count). The molecule has 0 aliphatic carbocycles. The lowest BCUT2D eigenvalue weighted by Crippen LogP contribution is -1.85. The Kier molecular flexibility index (Phi) is 2.37. The van der Waals surface area contributed by atoms with Gasteiger partial charge in [-0.05, 0) is 12.5 Å². The van der Waals surface area contributed by atoms with E-state index in [2.05, 4.69) is 27.9 Å². The van der Waals surface area contributed by atoms with Crippen LogP contribution in [0.3, 0.4) is 0 Å². The highest BCUT2D eigenvalue weighted by molar-refractivity contribution is 5.95. The number of oxazole rings is 1. The summed E-state index contributed by atoms with van der Waals surface area (Å²) in [6, 6.07) is 8.46. The fourth-order valence-electron chi connectivity index (χ4n) is 2.34. The van der Waals surface area contributed by atoms with Gasteiger partial charge < -0.3 is 14.7 Å². The molecule has 0 atom stereocenters. The number of hydrogen-bond acceptors (Lipinski definition) is 3. The standard InChI is InChI=1S/C14H15N3O/c1-3-11-13(18-14(15)16-11)10-8-17(2)12-7-5-4-6-9(10)12/h4-8H,3H2,1-2H3,(H2,15,16). The first-order valence-electron chi connectivity index (χ1n) is 6.00. The molecule has 3 aromatic rings. The van der Waals surface area contributed by atoms with Crippen LogP contribution in [-0.4, -0.2) is 9.55 Å². The van der Waals surface area contributed by atoms with Crippen molar-refractivity contribution in [2.75, 3.05) is 5.73 Å². The second-order valence-corrected chi connectivity index (χ2v) is 4.35. The van der Waals surface area contributed by atoms with Crippen LogP contribution >= 0.6 is 0 Å². The maximum absolute atomic E-state index is 5.66. The van der Waals surface area contributed by atoms with Gasteiger partial charge in [-0.3, -0.25) is 0 Å². The number of nitrogen functional groups attached to an aromatic ring is 1. The molecule has 0 spiro atoms. The van der Waals surface area contributed by atoms with Gasteiger partial charge in [-0.2, -0.15) is 4.98 Å². The summed E-state index contributed by atoms with van der Waals surface area (Å²) in [5.41, 5.74) is 8.79. The van der Waals surface area contributed by atoms with Crippen molar-refractivity contribution in [3.63, 3.8) is 0 Å². The van der Waals surface area contributed by atoms with Gasteiger partial charge in [-0.15, -0.1) is 0 Å². The molecule has 4 heteroatoms. The molecular weight excluding hydrogens is 226 g/mol. The highest BCUT2D eigenvalue weighted by atomic mass is 16.4. The van der Waals surface area contributed by atoms with Gasteiger partial charge in [0.05, 0.1) is 5.69 Å². The van der Waals surface area contributed by atoms with Crippen molar-refractivity contribution >= 4 is 16.9 Å². The van der Waals surface area contributed by atoms with Gasteiger partial charge in [0.2, 0.25) is 0 Å². The molecule has 2 N–H and O–H groups in total. The minimum absolute atomic E-state index is 0.231. The summed E-state index contributed by atoms with van der Waals surface area (Å²) >= 11 is 0. The maximum atomic E-state index is 5.66. The van der Waals surface area contributed by atoms with Crippen LogP contribution in [0.25, 0.3) is 22.2 Å². The van der Waals surface area contributed by atoms with Crippen LogP contribution in [0.1, 0.15) is 12.6 Å². The number of hydrogen-bond donors (Lipinski definition) is 1. The lowest BCUT2D eigenvalue weighted by Gasteiger charge is -1.96. The lowest BCUT2D eigenvalue weighted by molar-refractivity contribution is 0.594. The Morgan fingerprint density at radius 3 is 2.89 bits per heavy atom. The number of nitrogens with zero attached hydrogens (tertiary/aromatic N) is 2. The average molecular weight is 241 g/mol. The van der Waals surface area contributed by atoms with E-state index in [1.54, 1.807) is 0 Å². The summed E-state index contributed by atoms with van der Waals surface area (Å²) in [4.78, 5) is 4.22. The zero-order valence-electron chi connectivity index (χ0n) is 10.5. The van der Waals surface area contributed by atoms with Crippen LogP contribution in [0.15, 0.2) is 34.9 Å². The summed E-state index contributed by atoms with van der Waals surface area (Å²) in [5.74, 6) is 0.784. The maximum Gasteiger partial charge on any atom is 0.292 e. The van der Waals surface area contributed by atoms with Crippen molar-refractivity contribution in [1.29, 1.82) is 0 Å². The Morgan fingerprint density at radius 2 is 2.11 bits per heavy atom. The highest BCUT2D eigenvalue weighted by Gasteiger charge is 2.16. The predicted molar refractivity (Wildman–Crippen MR) is 72.2 cm³/mol. The zero-order valence-corrected chi connectivity index (χ0v) is 10.5. The fraction of sp³-hybridized carbons (Fsp3) is 0.214. The van der Waals surface area contributed by atoms with Gasteiger partial charge in [-0.25, -0.2) is 0 Å². The summed E-state index contributed by atoms with van der Waals surface area (Å²) in [6.07, 6.45) is 2.86. The van der Waals surface area contributed by atoms with E-state index in [-0.39, 0.29) is 6.01 Å². The topological polar surface area (TPSA) is 57.0 Å². The number of fused-ring (bicyclic) bond motifs is 1. The molecule has 18 heavy (non-hydrogen) atoms. The molecule has 2 aromatic heterocycles. The van der Waals surface area contributed by atoms with E-state index in [0.717, 1.165) is 28.8 Å². The number of rotatable bonds is 2. The molecule has 0 aliphatic rings. The molecule has 0 radical (unpaired) electrons. The second kappa shape index (κ2) is 3.91. The molecule has 0 saturated carbocycles. The van der Waals surface area contributed by atoms with E-state index >= 15 is 0 Å². The van der Waals surface area contributed by atoms with Crippen LogP contribution in [0.5, 0.6) is 0 Å². The largest absolute Gasteiger partial charge is 0.423 e. The first kappa shape index (κ1) is 10.9. The van der Waals surface area contributed by atoms with E-state index in [9.17, 15) is 0 Å². The molecule has 0 amide bonds. The lowest BCUT2D eigenvalue weighted by atomic mass is 10.1. The molecule has 92 valence electrons. The number of nitrogens with two attached hydrogens (primary N) is 1. The molecule has 1 aromatic carbocycles. The Bertz CT molecular complexity index is 709. The van der Waals surface area contributed by atoms with Crippen molar-refractivity contribution in [1.82, 2.24) is 9.55 Å². The SMILES string of the molecule is CCc1nc(N)oc1-c1cn(C)c2ccccc12. The minimum Gasteiger partial charge on any atom is -0.423 e. The van der Waals surface area contributed by atoms with Gasteiger partial charge >= 0.3 is 0 Å². The number of aromatic nitrogens is 2. The van der Waals surface area contributed by atoms with Gasteiger partial charge in [0.15, 0.2) is 5.76 Å². The van der Waals surface area contributed by atoms with Crippen molar-refractivity contribution in [2.24, 2.45) is 7.05 Å². The third kappa shape index (κ3) is 1.49. The van der Waals surface area contributed by atoms with E-state index < -0.39 is 0 Å².